The van der Waals surface area contributed by atoms with Gasteiger partial charge in [-0.25, -0.2) is 4.68 Å². The third-order valence-corrected chi connectivity index (χ3v) is 2.89. The lowest BCUT2D eigenvalue weighted by Crippen LogP contribution is -2.09. The summed E-state index contributed by atoms with van der Waals surface area (Å²) in [6.45, 7) is 2.18. The quantitative estimate of drug-likeness (QED) is 0.733. The number of halogens is 1. The van der Waals surface area contributed by atoms with E-state index in [-0.39, 0.29) is 0 Å². The summed E-state index contributed by atoms with van der Waals surface area (Å²) < 4.78 is 1.73. The van der Waals surface area contributed by atoms with Crippen LogP contribution in [0.5, 0.6) is 0 Å². The molecule has 0 aliphatic rings. The number of tetrazole rings is 1. The van der Waals surface area contributed by atoms with Crippen molar-refractivity contribution in [2.24, 2.45) is 13.0 Å². The Balaban J connectivity index is 2.56. The molecule has 1 unspecified atom stereocenters. The molecule has 1 aromatic rings. The highest BCUT2D eigenvalue weighted by Gasteiger charge is 2.09. The Kier molecular flexibility index (Phi) is 3.65. The zero-order valence-electron chi connectivity index (χ0n) is 7.37. The van der Waals surface area contributed by atoms with E-state index in [4.69, 9.17) is 0 Å². The summed E-state index contributed by atoms with van der Waals surface area (Å²) >= 11 is 3.47. The number of aromatic nitrogens is 4. The van der Waals surface area contributed by atoms with Gasteiger partial charge in [-0.1, -0.05) is 29.3 Å². The van der Waals surface area contributed by atoms with Crippen molar-refractivity contribution in [1.82, 2.24) is 20.2 Å². The second-order valence-electron chi connectivity index (χ2n) is 2.85. The van der Waals surface area contributed by atoms with E-state index in [1.54, 1.807) is 4.68 Å². The van der Waals surface area contributed by atoms with Crippen molar-refractivity contribution in [1.29, 1.82) is 0 Å². The molecule has 5 heteroatoms. The second kappa shape index (κ2) is 4.54. The van der Waals surface area contributed by atoms with Crippen LogP contribution in [0.15, 0.2) is 0 Å². The van der Waals surface area contributed by atoms with Crippen LogP contribution in [0.2, 0.25) is 0 Å². The minimum absolute atomic E-state index is 0.634. The molecule has 0 saturated carbocycles. The minimum atomic E-state index is 0.634. The summed E-state index contributed by atoms with van der Waals surface area (Å²) in [5.74, 6) is 1.59. The summed E-state index contributed by atoms with van der Waals surface area (Å²) in [6, 6.07) is 0. The van der Waals surface area contributed by atoms with Gasteiger partial charge >= 0.3 is 0 Å². The lowest BCUT2D eigenvalue weighted by molar-refractivity contribution is 0.535. The van der Waals surface area contributed by atoms with E-state index in [1.807, 2.05) is 7.05 Å². The highest BCUT2D eigenvalue weighted by Crippen LogP contribution is 2.11. The fraction of sp³-hybridized carbons (Fsp3) is 0.857. The standard InChI is InChI=1S/C7H13BrN4/c1-3-6(5-8)4-7-9-10-11-12(7)2/h6H,3-5H2,1-2H3. The molecule has 1 atom stereocenters. The van der Waals surface area contributed by atoms with Crippen LogP contribution in [-0.4, -0.2) is 25.5 Å². The summed E-state index contributed by atoms with van der Waals surface area (Å²) in [6.07, 6.45) is 2.10. The zero-order valence-corrected chi connectivity index (χ0v) is 8.95. The van der Waals surface area contributed by atoms with Crippen LogP contribution in [0.1, 0.15) is 19.2 Å². The fourth-order valence-electron chi connectivity index (χ4n) is 0.987. The highest BCUT2D eigenvalue weighted by atomic mass is 79.9. The first-order valence-electron chi connectivity index (χ1n) is 4.05. The zero-order chi connectivity index (χ0) is 8.97. The molecule has 68 valence electrons. The molecule has 1 heterocycles. The van der Waals surface area contributed by atoms with Gasteiger partial charge in [0.15, 0.2) is 5.82 Å². The van der Waals surface area contributed by atoms with Crippen molar-refractivity contribution >= 4 is 15.9 Å². The fourth-order valence-corrected chi connectivity index (χ4v) is 1.67. The smallest absolute Gasteiger partial charge is 0.151 e. The normalized spacial score (nSPS) is 13.2. The van der Waals surface area contributed by atoms with E-state index in [2.05, 4.69) is 38.4 Å². The number of nitrogens with zero attached hydrogens (tertiary/aromatic N) is 4. The molecule has 0 aromatic carbocycles. The van der Waals surface area contributed by atoms with E-state index in [1.165, 1.54) is 0 Å². The summed E-state index contributed by atoms with van der Waals surface area (Å²) in [4.78, 5) is 0. The molecule has 0 aliphatic carbocycles. The largest absolute Gasteiger partial charge is 0.233 e. The molecular formula is C7H13BrN4. The Morgan fingerprint density at radius 1 is 1.58 bits per heavy atom. The van der Waals surface area contributed by atoms with Gasteiger partial charge in [-0.3, -0.25) is 0 Å². The van der Waals surface area contributed by atoms with Crippen molar-refractivity contribution in [3.05, 3.63) is 5.82 Å². The molecule has 1 aromatic heterocycles. The van der Waals surface area contributed by atoms with Crippen molar-refractivity contribution in [3.63, 3.8) is 0 Å². The first-order chi connectivity index (χ1) is 5.77. The van der Waals surface area contributed by atoms with Crippen molar-refractivity contribution in [2.75, 3.05) is 5.33 Å². The third-order valence-electron chi connectivity index (χ3n) is 1.97. The van der Waals surface area contributed by atoms with Gasteiger partial charge in [0.1, 0.15) is 0 Å². The molecule has 0 N–H and O–H groups in total. The maximum absolute atomic E-state index is 3.93. The van der Waals surface area contributed by atoms with Crippen LogP contribution in [-0.2, 0) is 13.5 Å². The Bertz CT molecular complexity index is 231. The molecule has 0 spiro atoms. The van der Waals surface area contributed by atoms with E-state index in [0.29, 0.717) is 5.92 Å². The van der Waals surface area contributed by atoms with Crippen LogP contribution in [0.4, 0.5) is 0 Å². The van der Waals surface area contributed by atoms with Crippen molar-refractivity contribution < 1.29 is 0 Å². The van der Waals surface area contributed by atoms with Gasteiger partial charge in [0.2, 0.25) is 0 Å². The van der Waals surface area contributed by atoms with Gasteiger partial charge in [0.25, 0.3) is 0 Å². The predicted octanol–water partition coefficient (Wildman–Crippen LogP) is 1.17. The van der Waals surface area contributed by atoms with E-state index < -0.39 is 0 Å². The van der Waals surface area contributed by atoms with Crippen LogP contribution < -0.4 is 0 Å². The number of rotatable bonds is 4. The molecule has 0 bridgehead atoms. The van der Waals surface area contributed by atoms with Crippen molar-refractivity contribution in [3.8, 4) is 0 Å². The number of aryl methyl sites for hydroxylation is 1. The molecule has 0 amide bonds. The van der Waals surface area contributed by atoms with Crippen LogP contribution in [0.25, 0.3) is 0 Å². The van der Waals surface area contributed by atoms with E-state index in [9.17, 15) is 0 Å². The SMILES string of the molecule is CCC(CBr)Cc1nnnn1C. The first kappa shape index (κ1) is 9.64. The summed E-state index contributed by atoms with van der Waals surface area (Å²) in [5, 5.41) is 12.3. The van der Waals surface area contributed by atoms with Gasteiger partial charge in [0, 0.05) is 18.8 Å². The number of alkyl halides is 1. The van der Waals surface area contributed by atoms with Crippen LogP contribution in [0.3, 0.4) is 0 Å². The number of hydrogen-bond donors (Lipinski definition) is 0. The summed E-state index contributed by atoms with van der Waals surface area (Å²) in [7, 11) is 1.87. The predicted molar refractivity (Wildman–Crippen MR) is 50.1 cm³/mol. The van der Waals surface area contributed by atoms with Crippen molar-refractivity contribution in [2.45, 2.75) is 19.8 Å². The molecular weight excluding hydrogens is 220 g/mol. The molecule has 0 saturated heterocycles. The maximum atomic E-state index is 3.93. The maximum Gasteiger partial charge on any atom is 0.151 e. The first-order valence-corrected chi connectivity index (χ1v) is 5.17. The van der Waals surface area contributed by atoms with E-state index >= 15 is 0 Å². The molecule has 0 aliphatic heterocycles. The average molecular weight is 233 g/mol. The highest BCUT2D eigenvalue weighted by molar-refractivity contribution is 9.09. The average Bonchev–Trinajstić information content (AvgIpc) is 2.47. The van der Waals surface area contributed by atoms with Gasteiger partial charge in [-0.05, 0) is 16.3 Å². The Hall–Kier alpha value is -0.450. The molecule has 12 heavy (non-hydrogen) atoms. The van der Waals surface area contributed by atoms with E-state index in [0.717, 1.165) is 24.0 Å². The lowest BCUT2D eigenvalue weighted by atomic mass is 10.1. The van der Waals surface area contributed by atoms with Gasteiger partial charge < -0.3 is 0 Å². The van der Waals surface area contributed by atoms with Gasteiger partial charge in [-0.15, -0.1) is 5.10 Å². The third kappa shape index (κ3) is 2.27. The number of hydrogen-bond acceptors (Lipinski definition) is 3. The molecule has 4 nitrogen and oxygen atoms in total. The monoisotopic (exact) mass is 232 g/mol. The molecule has 0 radical (unpaired) electrons. The van der Waals surface area contributed by atoms with Gasteiger partial charge in [-0.2, -0.15) is 0 Å². The lowest BCUT2D eigenvalue weighted by Gasteiger charge is -2.08. The van der Waals surface area contributed by atoms with Gasteiger partial charge in [0.05, 0.1) is 0 Å². The molecule has 0 fully saturated rings. The minimum Gasteiger partial charge on any atom is -0.233 e. The Morgan fingerprint density at radius 2 is 2.33 bits per heavy atom. The topological polar surface area (TPSA) is 43.6 Å². The second-order valence-corrected chi connectivity index (χ2v) is 3.50. The summed E-state index contributed by atoms with van der Waals surface area (Å²) in [5.41, 5.74) is 0. The molecule has 1 rings (SSSR count). The van der Waals surface area contributed by atoms with Crippen LogP contribution in [0, 0.1) is 5.92 Å². The Morgan fingerprint density at radius 3 is 2.75 bits per heavy atom. The Labute approximate surface area is 80.5 Å². The van der Waals surface area contributed by atoms with Crippen LogP contribution >= 0.6 is 15.9 Å².